The highest BCUT2D eigenvalue weighted by atomic mass is 32.2. The van der Waals surface area contributed by atoms with Gasteiger partial charge in [-0.15, -0.1) is 33.3 Å². The fourth-order valence-electron chi connectivity index (χ4n) is 2.40. The Hall–Kier alpha value is -3.24. The Kier molecular flexibility index (Phi) is 7.52. The number of hydrogen-bond donors (Lipinski definition) is 3. The molecule has 4 N–H and O–H groups in total. The monoisotopic (exact) mass is 441 g/mol. The third-order valence-electron chi connectivity index (χ3n) is 3.88. The summed E-state index contributed by atoms with van der Waals surface area (Å²) in [5.41, 5.74) is 6.19. The molecule has 154 valence electrons. The molecule has 3 aromatic rings. The molecule has 30 heavy (non-hydrogen) atoms. The van der Waals surface area contributed by atoms with Crippen molar-refractivity contribution < 1.29 is 14.4 Å². The zero-order valence-electron chi connectivity index (χ0n) is 15.8. The number of nitrogens with one attached hydrogen (secondary N) is 2. The fourth-order valence-corrected chi connectivity index (χ4v) is 3.78. The van der Waals surface area contributed by atoms with Crippen molar-refractivity contribution in [3.05, 3.63) is 64.4 Å². The summed E-state index contributed by atoms with van der Waals surface area (Å²) < 4.78 is 0. The van der Waals surface area contributed by atoms with Crippen molar-refractivity contribution in [3.63, 3.8) is 0 Å². The van der Waals surface area contributed by atoms with Crippen molar-refractivity contribution in [3.8, 4) is 0 Å². The lowest BCUT2D eigenvalue weighted by Crippen LogP contribution is -2.13. The molecule has 0 spiro atoms. The van der Waals surface area contributed by atoms with Crippen LogP contribution in [0.1, 0.15) is 32.9 Å². The number of primary amides is 1. The van der Waals surface area contributed by atoms with Crippen molar-refractivity contribution in [2.45, 2.75) is 17.9 Å². The van der Waals surface area contributed by atoms with E-state index in [1.165, 1.54) is 23.1 Å². The van der Waals surface area contributed by atoms with Crippen LogP contribution in [-0.2, 0) is 4.79 Å². The SMILES string of the molecule is NC(=O)c1ccc(NC(=O)CCCSc2ccc(NC(=O)c3cccs3)nn2)cc1. The molecule has 3 amide bonds. The molecule has 0 bridgehead atoms. The third-order valence-corrected chi connectivity index (χ3v) is 5.75. The molecule has 0 saturated heterocycles. The van der Waals surface area contributed by atoms with Crippen LogP contribution >= 0.6 is 23.1 Å². The van der Waals surface area contributed by atoms with E-state index in [9.17, 15) is 14.4 Å². The number of amides is 3. The fraction of sp³-hybridized carbons (Fsp3) is 0.150. The second-order valence-corrected chi connectivity index (χ2v) is 8.19. The van der Waals surface area contributed by atoms with Crippen molar-refractivity contribution >= 4 is 52.3 Å². The van der Waals surface area contributed by atoms with Gasteiger partial charge in [-0.1, -0.05) is 6.07 Å². The molecule has 0 aliphatic rings. The lowest BCUT2D eigenvalue weighted by molar-refractivity contribution is -0.116. The minimum atomic E-state index is -0.508. The van der Waals surface area contributed by atoms with Gasteiger partial charge < -0.3 is 16.4 Å². The van der Waals surface area contributed by atoms with Gasteiger partial charge in [0.25, 0.3) is 5.91 Å². The number of nitrogens with two attached hydrogens (primary N) is 1. The zero-order valence-corrected chi connectivity index (χ0v) is 17.5. The third kappa shape index (κ3) is 6.39. The van der Waals surface area contributed by atoms with E-state index in [4.69, 9.17) is 5.73 Å². The van der Waals surface area contributed by atoms with Crippen LogP contribution < -0.4 is 16.4 Å². The highest BCUT2D eigenvalue weighted by Crippen LogP contribution is 2.18. The smallest absolute Gasteiger partial charge is 0.266 e. The molecule has 0 unspecified atom stereocenters. The lowest BCUT2D eigenvalue weighted by Gasteiger charge is -2.06. The first-order valence-corrected chi connectivity index (χ1v) is 10.9. The molecule has 1 aromatic carbocycles. The van der Waals surface area contributed by atoms with E-state index in [0.717, 1.165) is 0 Å². The molecule has 0 saturated carbocycles. The Balaban J connectivity index is 1.37. The summed E-state index contributed by atoms with van der Waals surface area (Å²) in [6, 6.07) is 13.4. The van der Waals surface area contributed by atoms with Crippen molar-refractivity contribution in [1.29, 1.82) is 0 Å². The second kappa shape index (κ2) is 10.5. The maximum Gasteiger partial charge on any atom is 0.266 e. The van der Waals surface area contributed by atoms with Gasteiger partial charge in [-0.2, -0.15) is 0 Å². The van der Waals surface area contributed by atoms with Gasteiger partial charge in [0.1, 0.15) is 5.03 Å². The Labute approximate surface area is 181 Å². The number of nitrogens with zero attached hydrogens (tertiary/aromatic N) is 2. The number of carbonyl (C=O) groups is 3. The van der Waals surface area contributed by atoms with Crippen LogP contribution in [0.5, 0.6) is 0 Å². The first kappa shape index (κ1) is 21.5. The maximum atomic E-state index is 12.0. The van der Waals surface area contributed by atoms with Gasteiger partial charge in [-0.05, 0) is 54.3 Å². The van der Waals surface area contributed by atoms with Crippen LogP contribution in [-0.4, -0.2) is 33.7 Å². The zero-order chi connectivity index (χ0) is 21.3. The normalized spacial score (nSPS) is 10.4. The molecule has 8 nitrogen and oxygen atoms in total. The Morgan fingerprint density at radius 2 is 1.80 bits per heavy atom. The molecule has 0 aliphatic carbocycles. The molecular weight excluding hydrogens is 422 g/mol. The van der Waals surface area contributed by atoms with Gasteiger partial charge in [0.15, 0.2) is 5.82 Å². The first-order valence-electron chi connectivity index (χ1n) is 9.02. The number of carbonyl (C=O) groups excluding carboxylic acids is 3. The standard InChI is InChI=1S/C20H19N5O3S2/c21-19(27)13-5-7-14(8-6-13)22-17(26)4-2-12-30-18-10-9-16(24-25-18)23-20(28)15-3-1-11-29-15/h1,3,5-11H,2,4,12H2,(H2,21,27)(H,22,26)(H,23,24,28). The topological polar surface area (TPSA) is 127 Å². The van der Waals surface area contributed by atoms with Gasteiger partial charge in [0, 0.05) is 23.4 Å². The van der Waals surface area contributed by atoms with Crippen LogP contribution in [0.4, 0.5) is 11.5 Å². The van der Waals surface area contributed by atoms with Gasteiger partial charge >= 0.3 is 0 Å². The number of anilines is 2. The summed E-state index contributed by atoms with van der Waals surface area (Å²) in [5.74, 6) is 0.254. The van der Waals surface area contributed by atoms with E-state index < -0.39 is 5.91 Å². The minimum Gasteiger partial charge on any atom is -0.366 e. The number of hydrogen-bond acceptors (Lipinski definition) is 7. The molecule has 10 heteroatoms. The van der Waals surface area contributed by atoms with E-state index in [0.29, 0.717) is 45.6 Å². The van der Waals surface area contributed by atoms with E-state index in [2.05, 4.69) is 20.8 Å². The number of benzene rings is 1. The van der Waals surface area contributed by atoms with E-state index in [1.54, 1.807) is 42.5 Å². The molecule has 2 heterocycles. The predicted octanol–water partition coefficient (Wildman–Crippen LogP) is 3.40. The van der Waals surface area contributed by atoms with Gasteiger partial charge in [0.2, 0.25) is 11.8 Å². The first-order chi connectivity index (χ1) is 14.5. The molecule has 0 radical (unpaired) electrons. The molecular formula is C20H19N5O3S2. The summed E-state index contributed by atoms with van der Waals surface area (Å²) in [6.07, 6.45) is 1.02. The van der Waals surface area contributed by atoms with Crippen LogP contribution in [0.2, 0.25) is 0 Å². The van der Waals surface area contributed by atoms with Crippen molar-refractivity contribution in [2.75, 3.05) is 16.4 Å². The number of thiophene rings is 1. The van der Waals surface area contributed by atoms with Crippen LogP contribution in [0, 0.1) is 0 Å². The number of rotatable bonds is 9. The molecule has 0 aliphatic heterocycles. The number of aromatic nitrogens is 2. The number of thioether (sulfide) groups is 1. The Morgan fingerprint density at radius 3 is 2.43 bits per heavy atom. The predicted molar refractivity (Wildman–Crippen MR) is 118 cm³/mol. The van der Waals surface area contributed by atoms with E-state index in [1.807, 2.05) is 11.4 Å². The summed E-state index contributed by atoms with van der Waals surface area (Å²) in [6.45, 7) is 0. The van der Waals surface area contributed by atoms with E-state index in [-0.39, 0.29) is 11.8 Å². The van der Waals surface area contributed by atoms with Crippen LogP contribution in [0.3, 0.4) is 0 Å². The summed E-state index contributed by atoms with van der Waals surface area (Å²) >= 11 is 2.84. The van der Waals surface area contributed by atoms with Crippen LogP contribution in [0.15, 0.2) is 58.9 Å². The van der Waals surface area contributed by atoms with Gasteiger partial charge in [-0.3, -0.25) is 14.4 Å². The quantitative estimate of drug-likeness (QED) is 0.345. The molecule has 3 rings (SSSR count). The maximum absolute atomic E-state index is 12.0. The highest BCUT2D eigenvalue weighted by molar-refractivity contribution is 7.99. The van der Waals surface area contributed by atoms with Crippen molar-refractivity contribution in [1.82, 2.24) is 10.2 Å². The Bertz CT molecular complexity index is 1010. The average Bonchev–Trinajstić information content (AvgIpc) is 3.28. The van der Waals surface area contributed by atoms with Gasteiger partial charge in [0.05, 0.1) is 4.88 Å². The van der Waals surface area contributed by atoms with Crippen molar-refractivity contribution in [2.24, 2.45) is 5.73 Å². The molecule has 2 aromatic heterocycles. The van der Waals surface area contributed by atoms with Crippen LogP contribution in [0.25, 0.3) is 0 Å². The highest BCUT2D eigenvalue weighted by Gasteiger charge is 2.08. The molecule has 0 atom stereocenters. The molecule has 0 fully saturated rings. The summed E-state index contributed by atoms with van der Waals surface area (Å²) in [5, 5.41) is 16.1. The lowest BCUT2D eigenvalue weighted by atomic mass is 10.2. The second-order valence-electron chi connectivity index (χ2n) is 6.13. The van der Waals surface area contributed by atoms with Gasteiger partial charge in [-0.25, -0.2) is 0 Å². The Morgan fingerprint density at radius 1 is 1.00 bits per heavy atom. The largest absolute Gasteiger partial charge is 0.366 e. The summed E-state index contributed by atoms with van der Waals surface area (Å²) in [4.78, 5) is 35.6. The summed E-state index contributed by atoms with van der Waals surface area (Å²) in [7, 11) is 0. The minimum absolute atomic E-state index is 0.111. The average molecular weight is 442 g/mol. The van der Waals surface area contributed by atoms with E-state index >= 15 is 0 Å².